The fourth-order valence-electron chi connectivity index (χ4n) is 1.65. The van der Waals surface area contributed by atoms with Gasteiger partial charge in [0.05, 0.1) is 0 Å². The second kappa shape index (κ2) is 6.24. The molecule has 0 heterocycles. The minimum atomic E-state index is 0.899. The SMILES string of the molecule is C=C(C)CCc1cccc(CC(=C)C(=C)C)c1. The van der Waals surface area contributed by atoms with Gasteiger partial charge in [-0.1, -0.05) is 48.6 Å². The monoisotopic (exact) mass is 226 g/mol. The minimum Gasteiger partial charge on any atom is -0.100 e. The van der Waals surface area contributed by atoms with Crippen LogP contribution in [-0.4, -0.2) is 0 Å². The predicted octanol–water partition coefficient (Wildman–Crippen LogP) is 4.87. The predicted molar refractivity (Wildman–Crippen MR) is 77.2 cm³/mol. The van der Waals surface area contributed by atoms with E-state index in [1.807, 2.05) is 6.92 Å². The van der Waals surface area contributed by atoms with Crippen LogP contribution in [-0.2, 0) is 12.8 Å². The van der Waals surface area contributed by atoms with Crippen molar-refractivity contribution in [3.63, 3.8) is 0 Å². The molecule has 0 aliphatic rings. The molecule has 0 aliphatic carbocycles. The first kappa shape index (κ1) is 13.5. The smallest absolute Gasteiger partial charge is 0.00291 e. The van der Waals surface area contributed by atoms with Gasteiger partial charge in [-0.05, 0) is 49.8 Å². The lowest BCUT2D eigenvalue weighted by Crippen LogP contribution is -1.93. The Bertz CT molecular complexity index is 435. The van der Waals surface area contributed by atoms with Gasteiger partial charge in [-0.15, -0.1) is 6.58 Å². The highest BCUT2D eigenvalue weighted by atomic mass is 14.1. The lowest BCUT2D eigenvalue weighted by molar-refractivity contribution is 0.941. The van der Waals surface area contributed by atoms with Gasteiger partial charge in [-0.2, -0.15) is 0 Å². The Kier molecular flexibility index (Phi) is 4.96. The quantitative estimate of drug-likeness (QED) is 0.479. The van der Waals surface area contributed by atoms with Gasteiger partial charge in [0.2, 0.25) is 0 Å². The van der Waals surface area contributed by atoms with E-state index in [0.717, 1.165) is 30.4 Å². The summed E-state index contributed by atoms with van der Waals surface area (Å²) >= 11 is 0. The number of allylic oxidation sites excluding steroid dienone is 3. The molecule has 0 heteroatoms. The molecule has 0 spiro atoms. The van der Waals surface area contributed by atoms with Crippen LogP contribution in [0.1, 0.15) is 31.4 Å². The second-order valence-corrected chi connectivity index (χ2v) is 4.84. The van der Waals surface area contributed by atoms with Crippen LogP contribution in [0.3, 0.4) is 0 Å². The molecule has 0 aromatic heterocycles. The summed E-state index contributed by atoms with van der Waals surface area (Å²) in [5, 5.41) is 0. The third-order valence-corrected chi connectivity index (χ3v) is 2.85. The summed E-state index contributed by atoms with van der Waals surface area (Å²) in [7, 11) is 0. The van der Waals surface area contributed by atoms with Gasteiger partial charge in [0.15, 0.2) is 0 Å². The molecule has 0 N–H and O–H groups in total. The van der Waals surface area contributed by atoms with Crippen molar-refractivity contribution in [2.45, 2.75) is 33.1 Å². The number of hydrogen-bond acceptors (Lipinski definition) is 0. The van der Waals surface area contributed by atoms with E-state index in [0.29, 0.717) is 0 Å². The average Bonchev–Trinajstić information content (AvgIpc) is 2.26. The van der Waals surface area contributed by atoms with Crippen LogP contribution in [0, 0.1) is 0 Å². The van der Waals surface area contributed by atoms with E-state index in [9.17, 15) is 0 Å². The first-order valence-electron chi connectivity index (χ1n) is 6.05. The van der Waals surface area contributed by atoms with Crippen LogP contribution in [0.5, 0.6) is 0 Å². The Morgan fingerprint density at radius 3 is 2.29 bits per heavy atom. The van der Waals surface area contributed by atoms with Crippen LogP contribution in [0.25, 0.3) is 0 Å². The Balaban J connectivity index is 2.68. The topological polar surface area (TPSA) is 0 Å². The molecule has 0 atom stereocenters. The third-order valence-electron chi connectivity index (χ3n) is 2.85. The van der Waals surface area contributed by atoms with Crippen LogP contribution in [0.4, 0.5) is 0 Å². The summed E-state index contributed by atoms with van der Waals surface area (Å²) in [6, 6.07) is 8.71. The molecule has 0 aliphatic heterocycles. The minimum absolute atomic E-state index is 0.899. The zero-order valence-electron chi connectivity index (χ0n) is 11.1. The number of rotatable bonds is 6. The third kappa shape index (κ3) is 4.86. The van der Waals surface area contributed by atoms with Crippen LogP contribution in [0.2, 0.25) is 0 Å². The highest BCUT2D eigenvalue weighted by Crippen LogP contribution is 2.15. The highest BCUT2D eigenvalue weighted by molar-refractivity contribution is 5.33. The Morgan fingerprint density at radius 1 is 1.06 bits per heavy atom. The van der Waals surface area contributed by atoms with E-state index in [1.54, 1.807) is 0 Å². The molecule has 0 radical (unpaired) electrons. The molecule has 0 saturated carbocycles. The molecule has 0 bridgehead atoms. The van der Waals surface area contributed by atoms with E-state index in [1.165, 1.54) is 16.7 Å². The molecule has 0 unspecified atom stereocenters. The second-order valence-electron chi connectivity index (χ2n) is 4.84. The largest absolute Gasteiger partial charge is 0.100 e. The number of benzene rings is 1. The van der Waals surface area contributed by atoms with Gasteiger partial charge < -0.3 is 0 Å². The standard InChI is InChI=1S/C17H22/c1-13(2)9-10-16-7-6-8-17(12-16)11-15(5)14(3)4/h6-8,12H,1,3,5,9-11H2,2,4H3. The molecule has 17 heavy (non-hydrogen) atoms. The molecule has 1 aromatic rings. The lowest BCUT2D eigenvalue weighted by Gasteiger charge is -2.07. The maximum Gasteiger partial charge on any atom is -0.00291 e. The van der Waals surface area contributed by atoms with Crippen molar-refractivity contribution in [3.05, 3.63) is 71.8 Å². The van der Waals surface area contributed by atoms with Crippen molar-refractivity contribution in [2.24, 2.45) is 0 Å². The van der Waals surface area contributed by atoms with Crippen molar-refractivity contribution >= 4 is 0 Å². The highest BCUT2D eigenvalue weighted by Gasteiger charge is 2.00. The van der Waals surface area contributed by atoms with Crippen molar-refractivity contribution in [2.75, 3.05) is 0 Å². The van der Waals surface area contributed by atoms with E-state index in [4.69, 9.17) is 0 Å². The van der Waals surface area contributed by atoms with Crippen LogP contribution in [0.15, 0.2) is 60.7 Å². The van der Waals surface area contributed by atoms with Crippen molar-refractivity contribution in [1.29, 1.82) is 0 Å². The Morgan fingerprint density at radius 2 is 1.71 bits per heavy atom. The van der Waals surface area contributed by atoms with Gasteiger partial charge in [0.25, 0.3) is 0 Å². The maximum absolute atomic E-state index is 4.04. The molecule has 1 aromatic carbocycles. The Hall–Kier alpha value is -1.56. The van der Waals surface area contributed by atoms with Crippen molar-refractivity contribution < 1.29 is 0 Å². The van der Waals surface area contributed by atoms with Gasteiger partial charge in [-0.3, -0.25) is 0 Å². The lowest BCUT2D eigenvalue weighted by atomic mass is 9.98. The fourth-order valence-corrected chi connectivity index (χ4v) is 1.65. The van der Waals surface area contributed by atoms with E-state index < -0.39 is 0 Å². The summed E-state index contributed by atoms with van der Waals surface area (Å²) < 4.78 is 0. The Labute approximate surface area is 105 Å². The molecule has 0 nitrogen and oxygen atoms in total. The van der Waals surface area contributed by atoms with Gasteiger partial charge in [0, 0.05) is 0 Å². The molecule has 1 rings (SSSR count). The molecule has 0 saturated heterocycles. The zero-order valence-corrected chi connectivity index (χ0v) is 11.1. The maximum atomic E-state index is 4.04. The van der Waals surface area contributed by atoms with Crippen LogP contribution < -0.4 is 0 Å². The molecule has 0 fully saturated rings. The fraction of sp³-hybridized carbons (Fsp3) is 0.294. The zero-order chi connectivity index (χ0) is 12.8. The van der Waals surface area contributed by atoms with Gasteiger partial charge >= 0.3 is 0 Å². The molecular weight excluding hydrogens is 204 g/mol. The molecule has 90 valence electrons. The van der Waals surface area contributed by atoms with E-state index in [-0.39, 0.29) is 0 Å². The van der Waals surface area contributed by atoms with E-state index in [2.05, 4.69) is 50.9 Å². The first-order chi connectivity index (χ1) is 7.99. The van der Waals surface area contributed by atoms with Crippen molar-refractivity contribution in [1.82, 2.24) is 0 Å². The van der Waals surface area contributed by atoms with Gasteiger partial charge in [0.1, 0.15) is 0 Å². The van der Waals surface area contributed by atoms with E-state index >= 15 is 0 Å². The van der Waals surface area contributed by atoms with Crippen molar-refractivity contribution in [3.8, 4) is 0 Å². The van der Waals surface area contributed by atoms with Crippen LogP contribution >= 0.6 is 0 Å². The summed E-state index contributed by atoms with van der Waals surface area (Å²) in [5.74, 6) is 0. The summed E-state index contributed by atoms with van der Waals surface area (Å²) in [5.41, 5.74) is 6.11. The first-order valence-corrected chi connectivity index (χ1v) is 6.05. The molecular formula is C17H22. The number of aryl methyl sites for hydroxylation is 1. The number of hydrogen-bond donors (Lipinski definition) is 0. The van der Waals surface area contributed by atoms with Gasteiger partial charge in [-0.25, -0.2) is 0 Å². The summed E-state index contributed by atoms with van der Waals surface area (Å²) in [4.78, 5) is 0. The average molecular weight is 226 g/mol. The summed E-state index contributed by atoms with van der Waals surface area (Å²) in [6.07, 6.45) is 3.03. The molecule has 0 amide bonds. The normalized spacial score (nSPS) is 10.0. The summed E-state index contributed by atoms with van der Waals surface area (Å²) in [6.45, 7) is 16.0.